The molecule has 0 bridgehead atoms. The number of aryl methyl sites for hydroxylation is 1. The van der Waals surface area contributed by atoms with Crippen molar-refractivity contribution in [3.8, 4) is 5.88 Å². The molecule has 0 saturated carbocycles. The molecule has 1 aromatic heterocycles. The Morgan fingerprint density at radius 1 is 1.55 bits per heavy atom. The van der Waals surface area contributed by atoms with Crippen molar-refractivity contribution in [1.29, 1.82) is 0 Å². The van der Waals surface area contributed by atoms with Gasteiger partial charge in [0.15, 0.2) is 11.3 Å². The van der Waals surface area contributed by atoms with Crippen LogP contribution in [0.25, 0.3) is 0 Å². The van der Waals surface area contributed by atoms with E-state index in [1.54, 1.807) is 0 Å². The molecule has 3 heteroatoms. The molecule has 0 aliphatic heterocycles. The highest BCUT2D eigenvalue weighted by Gasteiger charge is 1.93. The first kappa shape index (κ1) is 7.85. The Labute approximate surface area is 65.0 Å². The predicted octanol–water partition coefficient (Wildman–Crippen LogP) is 1.08. The maximum Gasteiger partial charge on any atom is 0.194 e. The molecule has 3 nitrogen and oxygen atoms in total. The maximum absolute atomic E-state index is 10.9. The molecular weight excluding hydrogens is 142 g/mol. The van der Waals surface area contributed by atoms with Crippen molar-refractivity contribution in [3.05, 3.63) is 28.0 Å². The fraction of sp³-hybridized carbons (Fsp3) is 0.375. The summed E-state index contributed by atoms with van der Waals surface area (Å²) in [7, 11) is 0. The van der Waals surface area contributed by atoms with E-state index in [0.717, 1.165) is 5.69 Å². The van der Waals surface area contributed by atoms with Crippen LogP contribution in [0.15, 0.2) is 16.9 Å². The zero-order valence-electron chi connectivity index (χ0n) is 6.68. The van der Waals surface area contributed by atoms with Gasteiger partial charge in [-0.1, -0.05) is 0 Å². The standard InChI is InChI=1S/C8H11NO2/c1-3-11-8-5-7(10)4-6(2)9-8/h4-5H,3H2,1-2H3,(H,9,10). The summed E-state index contributed by atoms with van der Waals surface area (Å²) in [5.41, 5.74) is 0.797. The first-order valence-electron chi connectivity index (χ1n) is 3.56. The maximum atomic E-state index is 10.9. The second kappa shape index (κ2) is 3.23. The molecule has 0 atom stereocenters. The summed E-state index contributed by atoms with van der Waals surface area (Å²) in [6.07, 6.45) is 0. The van der Waals surface area contributed by atoms with Crippen LogP contribution >= 0.6 is 0 Å². The summed E-state index contributed by atoms with van der Waals surface area (Å²) >= 11 is 0. The quantitative estimate of drug-likeness (QED) is 0.690. The van der Waals surface area contributed by atoms with Gasteiger partial charge in [-0.25, -0.2) is 0 Å². The Morgan fingerprint density at radius 2 is 2.27 bits per heavy atom. The normalized spacial score (nSPS) is 9.64. The van der Waals surface area contributed by atoms with Crippen molar-refractivity contribution in [1.82, 2.24) is 4.98 Å². The van der Waals surface area contributed by atoms with Crippen LogP contribution in [0, 0.1) is 6.92 Å². The van der Waals surface area contributed by atoms with Crippen LogP contribution < -0.4 is 10.2 Å². The van der Waals surface area contributed by atoms with Crippen molar-refractivity contribution in [2.24, 2.45) is 0 Å². The number of hydrogen-bond acceptors (Lipinski definition) is 2. The second-order valence-corrected chi connectivity index (χ2v) is 2.30. The van der Waals surface area contributed by atoms with E-state index in [-0.39, 0.29) is 5.43 Å². The van der Waals surface area contributed by atoms with Crippen LogP contribution in [-0.2, 0) is 0 Å². The fourth-order valence-electron chi connectivity index (χ4n) is 0.884. The minimum absolute atomic E-state index is 0.0234. The first-order chi connectivity index (χ1) is 5.22. The highest BCUT2D eigenvalue weighted by atomic mass is 16.5. The Hall–Kier alpha value is -1.25. The van der Waals surface area contributed by atoms with Gasteiger partial charge in [0, 0.05) is 17.8 Å². The molecule has 0 unspecified atom stereocenters. The van der Waals surface area contributed by atoms with Gasteiger partial charge in [0.1, 0.15) is 0 Å². The number of rotatable bonds is 2. The molecule has 0 fully saturated rings. The lowest BCUT2D eigenvalue weighted by molar-refractivity contribution is 0.326. The zero-order valence-corrected chi connectivity index (χ0v) is 6.68. The Balaban J connectivity index is 2.99. The summed E-state index contributed by atoms with van der Waals surface area (Å²) in [6.45, 7) is 4.27. The van der Waals surface area contributed by atoms with Gasteiger partial charge in [-0.2, -0.15) is 0 Å². The lowest BCUT2D eigenvalue weighted by Gasteiger charge is -2.02. The van der Waals surface area contributed by atoms with Crippen molar-refractivity contribution in [2.45, 2.75) is 13.8 Å². The van der Waals surface area contributed by atoms with Crippen LogP contribution in [0.5, 0.6) is 5.88 Å². The summed E-state index contributed by atoms with van der Waals surface area (Å²) in [6, 6.07) is 2.97. The highest BCUT2D eigenvalue weighted by Crippen LogP contribution is 2.01. The summed E-state index contributed by atoms with van der Waals surface area (Å²) in [4.78, 5) is 13.8. The second-order valence-electron chi connectivity index (χ2n) is 2.30. The monoisotopic (exact) mass is 153 g/mol. The highest BCUT2D eigenvalue weighted by molar-refractivity contribution is 5.14. The van der Waals surface area contributed by atoms with E-state index in [1.165, 1.54) is 12.1 Å². The van der Waals surface area contributed by atoms with Crippen molar-refractivity contribution >= 4 is 0 Å². The van der Waals surface area contributed by atoms with Gasteiger partial charge in [0.05, 0.1) is 6.61 Å². The van der Waals surface area contributed by atoms with E-state index in [9.17, 15) is 4.79 Å². The number of pyridine rings is 1. The minimum Gasteiger partial charge on any atom is -0.479 e. The lowest BCUT2D eigenvalue weighted by Crippen LogP contribution is -2.03. The van der Waals surface area contributed by atoms with Crippen molar-refractivity contribution < 1.29 is 4.74 Å². The van der Waals surface area contributed by atoms with Gasteiger partial charge in [-0.3, -0.25) is 4.79 Å². The molecule has 0 spiro atoms. The smallest absolute Gasteiger partial charge is 0.194 e. The van der Waals surface area contributed by atoms with E-state index in [0.29, 0.717) is 12.5 Å². The summed E-state index contributed by atoms with van der Waals surface area (Å²) < 4.78 is 5.11. The van der Waals surface area contributed by atoms with Crippen molar-refractivity contribution in [3.63, 3.8) is 0 Å². The van der Waals surface area contributed by atoms with Gasteiger partial charge in [0.2, 0.25) is 0 Å². The first-order valence-corrected chi connectivity index (χ1v) is 3.56. The summed E-state index contributed by atoms with van der Waals surface area (Å²) in [5, 5.41) is 0. The number of nitrogens with one attached hydrogen (secondary N) is 1. The molecule has 0 saturated heterocycles. The number of aromatic amines is 1. The molecule has 1 aromatic rings. The Kier molecular flexibility index (Phi) is 2.31. The molecule has 0 aliphatic rings. The third kappa shape index (κ3) is 2.11. The van der Waals surface area contributed by atoms with Crippen LogP contribution in [-0.4, -0.2) is 11.6 Å². The van der Waals surface area contributed by atoms with E-state index >= 15 is 0 Å². The largest absolute Gasteiger partial charge is 0.479 e. The Bertz CT molecular complexity index is 290. The van der Waals surface area contributed by atoms with Crippen LogP contribution in [0.2, 0.25) is 0 Å². The minimum atomic E-state index is -0.0234. The molecule has 1 N–H and O–H groups in total. The molecule has 1 rings (SSSR count). The van der Waals surface area contributed by atoms with Crippen LogP contribution in [0.1, 0.15) is 12.6 Å². The number of hydrogen-bond donors (Lipinski definition) is 1. The third-order valence-electron chi connectivity index (χ3n) is 1.25. The van der Waals surface area contributed by atoms with Gasteiger partial charge in [-0.15, -0.1) is 0 Å². The molecule has 0 aromatic carbocycles. The lowest BCUT2D eigenvalue weighted by atomic mass is 10.4. The average Bonchev–Trinajstić information content (AvgIpc) is 1.85. The van der Waals surface area contributed by atoms with Crippen LogP contribution in [0.3, 0.4) is 0 Å². The molecule has 1 heterocycles. The van der Waals surface area contributed by atoms with Gasteiger partial charge >= 0.3 is 0 Å². The average molecular weight is 153 g/mol. The molecule has 0 radical (unpaired) electrons. The zero-order chi connectivity index (χ0) is 8.27. The summed E-state index contributed by atoms with van der Waals surface area (Å²) in [5.74, 6) is 0.539. The van der Waals surface area contributed by atoms with Crippen molar-refractivity contribution in [2.75, 3.05) is 6.61 Å². The SMILES string of the molecule is CCOc1cc(=O)cc(C)[nH]1. The molecule has 0 amide bonds. The molecule has 60 valence electrons. The third-order valence-corrected chi connectivity index (χ3v) is 1.25. The molecule has 0 aliphatic carbocycles. The topological polar surface area (TPSA) is 42.1 Å². The molecule has 11 heavy (non-hydrogen) atoms. The number of aromatic nitrogens is 1. The van der Waals surface area contributed by atoms with Gasteiger partial charge in [0.25, 0.3) is 0 Å². The molecular formula is C8H11NO2. The van der Waals surface area contributed by atoms with E-state index < -0.39 is 0 Å². The van der Waals surface area contributed by atoms with E-state index in [4.69, 9.17) is 4.74 Å². The Morgan fingerprint density at radius 3 is 2.82 bits per heavy atom. The predicted molar refractivity (Wildman–Crippen MR) is 43.0 cm³/mol. The van der Waals surface area contributed by atoms with Gasteiger partial charge in [-0.05, 0) is 13.8 Å². The van der Waals surface area contributed by atoms with Gasteiger partial charge < -0.3 is 9.72 Å². The van der Waals surface area contributed by atoms with E-state index in [2.05, 4.69) is 4.98 Å². The fourth-order valence-corrected chi connectivity index (χ4v) is 0.884. The number of H-pyrrole nitrogens is 1. The number of ether oxygens (including phenoxy) is 1. The van der Waals surface area contributed by atoms with E-state index in [1.807, 2.05) is 13.8 Å². The van der Waals surface area contributed by atoms with Crippen LogP contribution in [0.4, 0.5) is 0 Å².